The first-order valence-corrected chi connectivity index (χ1v) is 7.42. The quantitative estimate of drug-likeness (QED) is 0.859. The predicted octanol–water partition coefficient (Wildman–Crippen LogP) is 1.62. The molecule has 1 aliphatic heterocycles. The molecule has 0 aliphatic carbocycles. The predicted molar refractivity (Wildman–Crippen MR) is 84.2 cm³/mol. The van der Waals surface area contributed by atoms with Crippen molar-refractivity contribution < 1.29 is 9.47 Å². The lowest BCUT2D eigenvalue weighted by atomic mass is 10.1. The van der Waals surface area contributed by atoms with Crippen molar-refractivity contribution in [2.24, 2.45) is 5.73 Å². The van der Waals surface area contributed by atoms with Gasteiger partial charge in [0.1, 0.15) is 5.75 Å². The molecule has 0 radical (unpaired) electrons. The van der Waals surface area contributed by atoms with Crippen molar-refractivity contribution >= 4 is 0 Å². The minimum absolute atomic E-state index is 0.277. The molecule has 0 aromatic heterocycles. The van der Waals surface area contributed by atoms with Crippen LogP contribution in [0.25, 0.3) is 0 Å². The molecule has 1 saturated heterocycles. The molecule has 1 aromatic rings. The average molecular weight is 288 g/mol. The molecule has 1 aromatic carbocycles. The van der Waals surface area contributed by atoms with E-state index in [9.17, 15) is 0 Å². The van der Waals surface area contributed by atoms with Crippen LogP contribution in [0.3, 0.4) is 0 Å². The molecule has 114 valence electrons. The zero-order valence-electron chi connectivity index (χ0n) is 12.9. The van der Waals surface area contributed by atoms with E-state index in [1.165, 1.54) is 0 Å². The molecule has 2 rings (SSSR count). The summed E-state index contributed by atoms with van der Waals surface area (Å²) in [6.45, 7) is 6.20. The first kappa shape index (κ1) is 15.8. The molecular formula is C17H24N2O2. The third-order valence-corrected chi connectivity index (χ3v) is 3.55. The number of nitrogens with zero attached hydrogens (tertiary/aromatic N) is 1. The number of rotatable bonds is 3. The summed E-state index contributed by atoms with van der Waals surface area (Å²) in [5, 5.41) is 0. The van der Waals surface area contributed by atoms with Gasteiger partial charge in [0.15, 0.2) is 0 Å². The lowest BCUT2D eigenvalue weighted by molar-refractivity contribution is 0.0667. The van der Waals surface area contributed by atoms with E-state index in [1.54, 1.807) is 7.11 Å². The van der Waals surface area contributed by atoms with Crippen LogP contribution in [0.1, 0.15) is 24.5 Å². The maximum atomic E-state index is 5.70. The van der Waals surface area contributed by atoms with Crippen molar-refractivity contribution in [2.45, 2.75) is 26.0 Å². The van der Waals surface area contributed by atoms with E-state index in [0.717, 1.165) is 49.5 Å². The van der Waals surface area contributed by atoms with Gasteiger partial charge in [0, 0.05) is 37.4 Å². The topological polar surface area (TPSA) is 47.7 Å². The Kier molecular flexibility index (Phi) is 6.06. The fourth-order valence-electron chi connectivity index (χ4n) is 2.60. The Morgan fingerprint density at radius 3 is 3.10 bits per heavy atom. The SMILES string of the molecule is COc1ccc(C#CCN)cc1CN1CCCOC(C)C1. The highest BCUT2D eigenvalue weighted by Gasteiger charge is 2.16. The first-order chi connectivity index (χ1) is 10.2. The Balaban J connectivity index is 2.16. The zero-order chi connectivity index (χ0) is 15.1. The van der Waals surface area contributed by atoms with Crippen LogP contribution in [0.5, 0.6) is 5.75 Å². The standard InChI is InChI=1S/C17H24N2O2/c1-14-12-19(9-4-10-21-14)13-16-11-15(5-3-8-18)6-7-17(16)20-2/h6-7,11,14H,4,8-10,12-13,18H2,1-2H3. The summed E-state index contributed by atoms with van der Waals surface area (Å²) in [6, 6.07) is 6.05. The second kappa shape index (κ2) is 8.04. The number of nitrogens with two attached hydrogens (primary N) is 1. The molecule has 0 amide bonds. The van der Waals surface area contributed by atoms with Crippen molar-refractivity contribution in [2.75, 3.05) is 33.4 Å². The fourth-order valence-corrected chi connectivity index (χ4v) is 2.60. The summed E-state index contributed by atoms with van der Waals surface area (Å²) in [6.07, 6.45) is 1.35. The smallest absolute Gasteiger partial charge is 0.123 e. The third kappa shape index (κ3) is 4.75. The van der Waals surface area contributed by atoms with Crippen LogP contribution in [0.2, 0.25) is 0 Å². The molecule has 1 unspecified atom stereocenters. The van der Waals surface area contributed by atoms with Crippen molar-refractivity contribution in [1.29, 1.82) is 0 Å². The van der Waals surface area contributed by atoms with Crippen molar-refractivity contribution in [3.8, 4) is 17.6 Å². The minimum Gasteiger partial charge on any atom is -0.496 e. The lowest BCUT2D eigenvalue weighted by Crippen LogP contribution is -2.30. The second-order valence-electron chi connectivity index (χ2n) is 5.30. The highest BCUT2D eigenvalue weighted by atomic mass is 16.5. The molecule has 1 aliphatic rings. The van der Waals surface area contributed by atoms with Crippen molar-refractivity contribution in [1.82, 2.24) is 4.90 Å². The van der Waals surface area contributed by atoms with Crippen LogP contribution >= 0.6 is 0 Å². The first-order valence-electron chi connectivity index (χ1n) is 7.42. The molecule has 1 atom stereocenters. The van der Waals surface area contributed by atoms with E-state index in [-0.39, 0.29) is 6.10 Å². The minimum atomic E-state index is 0.277. The van der Waals surface area contributed by atoms with Crippen LogP contribution in [0.15, 0.2) is 18.2 Å². The van der Waals surface area contributed by atoms with Crippen LogP contribution < -0.4 is 10.5 Å². The van der Waals surface area contributed by atoms with Crippen LogP contribution in [0, 0.1) is 11.8 Å². The molecule has 0 spiro atoms. The maximum Gasteiger partial charge on any atom is 0.123 e. The maximum absolute atomic E-state index is 5.70. The molecule has 21 heavy (non-hydrogen) atoms. The molecule has 1 heterocycles. The van der Waals surface area contributed by atoms with Crippen LogP contribution in [-0.2, 0) is 11.3 Å². The summed E-state index contributed by atoms with van der Waals surface area (Å²) < 4.78 is 11.2. The molecule has 0 bridgehead atoms. The van der Waals surface area contributed by atoms with Gasteiger partial charge in [-0.25, -0.2) is 0 Å². The lowest BCUT2D eigenvalue weighted by Gasteiger charge is -2.23. The highest BCUT2D eigenvalue weighted by Crippen LogP contribution is 2.22. The van der Waals surface area contributed by atoms with Gasteiger partial charge < -0.3 is 15.2 Å². The number of methoxy groups -OCH3 is 1. The Morgan fingerprint density at radius 1 is 1.48 bits per heavy atom. The molecule has 4 heteroatoms. The van der Waals surface area contributed by atoms with E-state index < -0.39 is 0 Å². The summed E-state index contributed by atoms with van der Waals surface area (Å²) >= 11 is 0. The Morgan fingerprint density at radius 2 is 2.33 bits per heavy atom. The van der Waals surface area contributed by atoms with Gasteiger partial charge in [-0.05, 0) is 31.5 Å². The molecule has 4 nitrogen and oxygen atoms in total. The fraction of sp³-hybridized carbons (Fsp3) is 0.529. The molecule has 1 fully saturated rings. The normalized spacial score (nSPS) is 19.5. The van der Waals surface area contributed by atoms with Crippen molar-refractivity contribution in [3.63, 3.8) is 0 Å². The van der Waals surface area contributed by atoms with E-state index in [2.05, 4.69) is 29.7 Å². The Hall–Kier alpha value is -1.54. The van der Waals surface area contributed by atoms with E-state index in [0.29, 0.717) is 6.54 Å². The summed E-state index contributed by atoms with van der Waals surface area (Å²) in [5.41, 5.74) is 7.58. The van der Waals surface area contributed by atoms with Crippen molar-refractivity contribution in [3.05, 3.63) is 29.3 Å². The van der Waals surface area contributed by atoms with Gasteiger partial charge >= 0.3 is 0 Å². The van der Waals surface area contributed by atoms with Crippen LogP contribution in [0.4, 0.5) is 0 Å². The number of hydrogen-bond acceptors (Lipinski definition) is 4. The van der Waals surface area contributed by atoms with Gasteiger partial charge in [0.2, 0.25) is 0 Å². The molecule has 0 saturated carbocycles. The van der Waals surface area contributed by atoms with Gasteiger partial charge in [-0.3, -0.25) is 4.90 Å². The van der Waals surface area contributed by atoms with Gasteiger partial charge in [0.05, 0.1) is 19.8 Å². The molecule has 2 N–H and O–H groups in total. The average Bonchev–Trinajstić information content (AvgIpc) is 2.69. The van der Waals surface area contributed by atoms with E-state index in [1.807, 2.05) is 12.1 Å². The summed E-state index contributed by atoms with van der Waals surface area (Å²) in [5.74, 6) is 6.88. The van der Waals surface area contributed by atoms with E-state index in [4.69, 9.17) is 15.2 Å². The van der Waals surface area contributed by atoms with Crippen LogP contribution in [-0.4, -0.2) is 44.4 Å². The zero-order valence-corrected chi connectivity index (χ0v) is 12.9. The highest BCUT2D eigenvalue weighted by molar-refractivity contribution is 5.44. The monoisotopic (exact) mass is 288 g/mol. The third-order valence-electron chi connectivity index (χ3n) is 3.55. The summed E-state index contributed by atoms with van der Waals surface area (Å²) in [7, 11) is 1.71. The Bertz CT molecular complexity index is 519. The van der Waals surface area contributed by atoms with Gasteiger partial charge in [0.25, 0.3) is 0 Å². The Labute approximate surface area is 127 Å². The number of benzene rings is 1. The largest absolute Gasteiger partial charge is 0.496 e. The van der Waals surface area contributed by atoms with Gasteiger partial charge in [-0.1, -0.05) is 11.8 Å². The number of ether oxygens (including phenoxy) is 2. The van der Waals surface area contributed by atoms with Gasteiger partial charge in [-0.2, -0.15) is 0 Å². The molecular weight excluding hydrogens is 264 g/mol. The summed E-state index contributed by atoms with van der Waals surface area (Å²) in [4.78, 5) is 2.41. The number of hydrogen-bond donors (Lipinski definition) is 1. The van der Waals surface area contributed by atoms with E-state index >= 15 is 0 Å². The second-order valence-corrected chi connectivity index (χ2v) is 5.30. The van der Waals surface area contributed by atoms with Gasteiger partial charge in [-0.15, -0.1) is 0 Å².